The summed E-state index contributed by atoms with van der Waals surface area (Å²) in [4.78, 5) is 7.33. The molecule has 1 fully saturated rings. The average molecular weight is 300 g/mol. The highest BCUT2D eigenvalue weighted by Gasteiger charge is 2.38. The Morgan fingerprint density at radius 3 is 2.76 bits per heavy atom. The predicted molar refractivity (Wildman–Crippen MR) is 64.4 cm³/mol. The summed E-state index contributed by atoms with van der Waals surface area (Å²) in [6.07, 6.45) is -2.35. The minimum atomic E-state index is -4.66. The SMILES string of the molecule is FC(F)(F)c1nc(-c2ccc(O[C@@H]3CCNC3)nc2)no1. The van der Waals surface area contributed by atoms with Gasteiger partial charge in [0.1, 0.15) is 6.10 Å². The van der Waals surface area contributed by atoms with E-state index in [9.17, 15) is 13.2 Å². The van der Waals surface area contributed by atoms with Gasteiger partial charge in [-0.25, -0.2) is 4.98 Å². The lowest BCUT2D eigenvalue weighted by Gasteiger charge is -2.10. The van der Waals surface area contributed by atoms with Crippen LogP contribution in [-0.2, 0) is 6.18 Å². The molecule has 21 heavy (non-hydrogen) atoms. The fourth-order valence-corrected chi connectivity index (χ4v) is 1.94. The van der Waals surface area contributed by atoms with Gasteiger partial charge in [-0.1, -0.05) is 5.16 Å². The summed E-state index contributed by atoms with van der Waals surface area (Å²) in [5.74, 6) is -1.13. The Kier molecular flexibility index (Phi) is 3.50. The Morgan fingerprint density at radius 2 is 2.19 bits per heavy atom. The van der Waals surface area contributed by atoms with Gasteiger partial charge in [-0.05, 0) is 19.0 Å². The van der Waals surface area contributed by atoms with Crippen LogP contribution in [0.2, 0.25) is 0 Å². The van der Waals surface area contributed by atoms with Crippen LogP contribution in [0.25, 0.3) is 11.4 Å². The zero-order valence-corrected chi connectivity index (χ0v) is 10.7. The Bertz CT molecular complexity index is 606. The Morgan fingerprint density at radius 1 is 1.33 bits per heavy atom. The molecule has 3 rings (SSSR count). The quantitative estimate of drug-likeness (QED) is 0.933. The maximum absolute atomic E-state index is 12.4. The number of rotatable bonds is 3. The molecular formula is C12H11F3N4O2. The fraction of sp³-hybridized carbons (Fsp3) is 0.417. The van der Waals surface area contributed by atoms with Crippen LogP contribution < -0.4 is 10.1 Å². The van der Waals surface area contributed by atoms with Crippen molar-refractivity contribution in [2.75, 3.05) is 13.1 Å². The van der Waals surface area contributed by atoms with Gasteiger partial charge in [-0.3, -0.25) is 0 Å². The first-order valence-electron chi connectivity index (χ1n) is 6.27. The lowest BCUT2D eigenvalue weighted by atomic mass is 10.2. The number of pyridine rings is 1. The summed E-state index contributed by atoms with van der Waals surface area (Å²) in [6, 6.07) is 3.10. The first kappa shape index (κ1) is 13.8. The van der Waals surface area contributed by atoms with Gasteiger partial charge in [0.15, 0.2) is 0 Å². The molecule has 1 atom stereocenters. The first-order valence-corrected chi connectivity index (χ1v) is 6.27. The molecule has 2 aromatic heterocycles. The Labute approximate surface area is 117 Å². The second kappa shape index (κ2) is 5.32. The summed E-state index contributed by atoms with van der Waals surface area (Å²) < 4.78 is 46.9. The maximum atomic E-state index is 12.4. The molecule has 0 spiro atoms. The van der Waals surface area contributed by atoms with Crippen molar-refractivity contribution in [3.63, 3.8) is 0 Å². The fourth-order valence-electron chi connectivity index (χ4n) is 1.94. The van der Waals surface area contributed by atoms with E-state index in [1.807, 2.05) is 0 Å². The molecule has 6 nitrogen and oxygen atoms in total. The Balaban J connectivity index is 1.73. The van der Waals surface area contributed by atoms with Gasteiger partial charge in [0.2, 0.25) is 11.7 Å². The molecule has 0 aromatic carbocycles. The number of alkyl halides is 3. The lowest BCUT2D eigenvalue weighted by molar-refractivity contribution is -0.159. The van der Waals surface area contributed by atoms with Crippen LogP contribution in [0.1, 0.15) is 12.3 Å². The van der Waals surface area contributed by atoms with Crippen LogP contribution in [-0.4, -0.2) is 34.3 Å². The van der Waals surface area contributed by atoms with E-state index < -0.39 is 12.1 Å². The normalized spacial score (nSPS) is 18.9. The van der Waals surface area contributed by atoms with Gasteiger partial charge in [-0.2, -0.15) is 18.2 Å². The molecule has 0 saturated carbocycles. The molecule has 3 heterocycles. The third-order valence-electron chi connectivity index (χ3n) is 2.97. The zero-order chi connectivity index (χ0) is 14.9. The predicted octanol–water partition coefficient (Wildman–Crippen LogP) is 1.89. The highest BCUT2D eigenvalue weighted by atomic mass is 19.4. The number of hydrogen-bond donors (Lipinski definition) is 1. The molecule has 112 valence electrons. The molecule has 1 aliphatic heterocycles. The van der Waals surface area contributed by atoms with Crippen LogP contribution >= 0.6 is 0 Å². The van der Waals surface area contributed by atoms with Crippen molar-refractivity contribution in [2.45, 2.75) is 18.7 Å². The maximum Gasteiger partial charge on any atom is 0.471 e. The molecule has 0 unspecified atom stereocenters. The molecule has 2 aromatic rings. The zero-order valence-electron chi connectivity index (χ0n) is 10.7. The number of aromatic nitrogens is 3. The van der Waals surface area contributed by atoms with Gasteiger partial charge in [-0.15, -0.1) is 0 Å². The minimum absolute atomic E-state index is 0.0605. The molecular weight excluding hydrogens is 289 g/mol. The van der Waals surface area contributed by atoms with E-state index in [1.165, 1.54) is 12.3 Å². The summed E-state index contributed by atoms with van der Waals surface area (Å²) in [5, 5.41) is 6.44. The number of halogens is 3. The molecule has 1 N–H and O–H groups in total. The second-order valence-corrected chi connectivity index (χ2v) is 4.54. The molecule has 0 aliphatic carbocycles. The van der Waals surface area contributed by atoms with Gasteiger partial charge >= 0.3 is 12.1 Å². The largest absolute Gasteiger partial charge is 0.473 e. The van der Waals surface area contributed by atoms with Gasteiger partial charge < -0.3 is 14.6 Å². The number of nitrogens with one attached hydrogen (secondary N) is 1. The summed E-state index contributed by atoms with van der Waals surface area (Å²) >= 11 is 0. The van der Waals surface area contributed by atoms with Crippen LogP contribution in [0.15, 0.2) is 22.9 Å². The van der Waals surface area contributed by atoms with E-state index in [0.717, 1.165) is 19.5 Å². The van der Waals surface area contributed by atoms with Crippen molar-refractivity contribution in [3.8, 4) is 17.3 Å². The molecule has 9 heteroatoms. The molecule has 1 aliphatic rings. The summed E-state index contributed by atoms with van der Waals surface area (Å²) in [5.41, 5.74) is 0.325. The van der Waals surface area contributed by atoms with Crippen molar-refractivity contribution in [3.05, 3.63) is 24.2 Å². The number of hydrogen-bond acceptors (Lipinski definition) is 6. The molecule has 0 radical (unpaired) electrons. The molecule has 0 bridgehead atoms. The first-order chi connectivity index (χ1) is 10.0. The minimum Gasteiger partial charge on any atom is -0.473 e. The van der Waals surface area contributed by atoms with Crippen molar-refractivity contribution in [1.82, 2.24) is 20.4 Å². The van der Waals surface area contributed by atoms with Gasteiger partial charge in [0.25, 0.3) is 0 Å². The highest BCUT2D eigenvalue weighted by Crippen LogP contribution is 2.29. The van der Waals surface area contributed by atoms with E-state index in [2.05, 4.69) is 25.0 Å². The lowest BCUT2D eigenvalue weighted by Crippen LogP contribution is -2.19. The second-order valence-electron chi connectivity index (χ2n) is 4.54. The van der Waals surface area contributed by atoms with Crippen molar-refractivity contribution >= 4 is 0 Å². The highest BCUT2D eigenvalue weighted by molar-refractivity contribution is 5.53. The smallest absolute Gasteiger partial charge is 0.471 e. The Hall–Kier alpha value is -2.16. The monoisotopic (exact) mass is 300 g/mol. The average Bonchev–Trinajstić information content (AvgIpc) is 3.09. The van der Waals surface area contributed by atoms with E-state index in [-0.39, 0.29) is 11.9 Å². The van der Waals surface area contributed by atoms with Crippen LogP contribution in [0.3, 0.4) is 0 Å². The van der Waals surface area contributed by atoms with Crippen molar-refractivity contribution < 1.29 is 22.4 Å². The molecule has 0 amide bonds. The van der Waals surface area contributed by atoms with E-state index in [4.69, 9.17) is 4.74 Å². The van der Waals surface area contributed by atoms with Crippen molar-refractivity contribution in [2.24, 2.45) is 0 Å². The third-order valence-corrected chi connectivity index (χ3v) is 2.97. The third kappa shape index (κ3) is 3.13. The number of ether oxygens (including phenoxy) is 1. The van der Waals surface area contributed by atoms with E-state index in [0.29, 0.717) is 11.4 Å². The van der Waals surface area contributed by atoms with Gasteiger partial charge in [0, 0.05) is 24.4 Å². The van der Waals surface area contributed by atoms with Crippen LogP contribution in [0.4, 0.5) is 13.2 Å². The van der Waals surface area contributed by atoms with Crippen LogP contribution in [0.5, 0.6) is 5.88 Å². The van der Waals surface area contributed by atoms with E-state index >= 15 is 0 Å². The standard InChI is InChI=1S/C12H11F3N4O2/c13-12(14,15)11-18-10(19-21-11)7-1-2-9(17-5-7)20-8-3-4-16-6-8/h1-2,5,8,16H,3-4,6H2/t8-/m1/s1. The summed E-state index contributed by atoms with van der Waals surface area (Å²) in [7, 11) is 0. The summed E-state index contributed by atoms with van der Waals surface area (Å²) in [6.45, 7) is 1.65. The topological polar surface area (TPSA) is 73.1 Å². The number of nitrogens with zero attached hydrogens (tertiary/aromatic N) is 3. The van der Waals surface area contributed by atoms with Crippen molar-refractivity contribution in [1.29, 1.82) is 0 Å². The molecule has 1 saturated heterocycles. The van der Waals surface area contributed by atoms with E-state index in [1.54, 1.807) is 6.07 Å². The van der Waals surface area contributed by atoms with Crippen LogP contribution in [0, 0.1) is 0 Å². The van der Waals surface area contributed by atoms with Gasteiger partial charge in [0.05, 0.1) is 0 Å².